The number of nitrogens with one attached hydrogen (secondary N) is 1. The van der Waals surface area contributed by atoms with Gasteiger partial charge in [0.15, 0.2) is 0 Å². The molecule has 1 aromatic rings. The smallest absolute Gasteiger partial charge is 0.274 e. The Morgan fingerprint density at radius 1 is 1.29 bits per heavy atom. The van der Waals surface area contributed by atoms with Crippen molar-refractivity contribution in [3.8, 4) is 0 Å². The van der Waals surface area contributed by atoms with Gasteiger partial charge in [-0.1, -0.05) is 31.4 Å². The van der Waals surface area contributed by atoms with E-state index in [9.17, 15) is 4.79 Å². The highest BCUT2D eigenvalue weighted by molar-refractivity contribution is 6.30. The normalized spacial score (nSPS) is 9.18. The Hall–Kier alpha value is -0.770. The minimum absolute atomic E-state index is 0.372. The van der Waals surface area contributed by atoms with E-state index < -0.39 is 5.91 Å². The van der Waals surface area contributed by atoms with E-state index in [-0.39, 0.29) is 0 Å². The van der Waals surface area contributed by atoms with Crippen LogP contribution in [-0.2, 0) is 0 Å². The monoisotopic (exact) mass is 277 g/mol. The first kappa shape index (κ1) is 16.2. The molecule has 5 heteroatoms. The summed E-state index contributed by atoms with van der Waals surface area (Å²) in [5, 5.41) is 8.78. The number of carbonyl (C=O) groups is 1. The van der Waals surface area contributed by atoms with E-state index in [4.69, 9.17) is 28.4 Å². The average molecular weight is 278 g/mol. The van der Waals surface area contributed by atoms with Crippen molar-refractivity contribution >= 4 is 29.1 Å². The number of benzene rings is 1. The van der Waals surface area contributed by atoms with Crippen LogP contribution in [0.25, 0.3) is 0 Å². The van der Waals surface area contributed by atoms with E-state index in [1.807, 2.05) is 0 Å². The summed E-state index contributed by atoms with van der Waals surface area (Å²) in [6.07, 6.45) is 3.73. The van der Waals surface area contributed by atoms with Crippen molar-refractivity contribution in [1.29, 1.82) is 0 Å². The molecule has 0 bridgehead atoms. The summed E-state index contributed by atoms with van der Waals surface area (Å²) >= 11 is 10.9. The molecule has 1 rings (SSSR count). The largest absolute Gasteiger partial charge is 0.288 e. The molecule has 0 atom stereocenters. The maximum atomic E-state index is 10.7. The molecule has 0 aliphatic rings. The Bertz CT molecular complexity index is 311. The maximum Gasteiger partial charge on any atom is 0.274 e. The number of hydrogen-bond acceptors (Lipinski definition) is 2. The number of hydroxylamine groups is 1. The van der Waals surface area contributed by atoms with Gasteiger partial charge >= 0.3 is 0 Å². The summed E-state index contributed by atoms with van der Waals surface area (Å²) in [5.41, 5.74) is 1.89. The summed E-state index contributed by atoms with van der Waals surface area (Å²) < 4.78 is 0. The number of halogens is 2. The first-order valence-corrected chi connectivity index (χ1v) is 6.32. The molecule has 17 heavy (non-hydrogen) atoms. The van der Waals surface area contributed by atoms with Gasteiger partial charge in [-0.15, -0.1) is 11.6 Å². The van der Waals surface area contributed by atoms with Crippen molar-refractivity contribution in [3.05, 3.63) is 34.9 Å². The fourth-order valence-corrected chi connectivity index (χ4v) is 1.33. The quantitative estimate of drug-likeness (QED) is 0.380. The Morgan fingerprint density at radius 3 is 2.24 bits per heavy atom. The second-order valence-corrected chi connectivity index (χ2v) is 4.16. The minimum atomic E-state index is -0.540. The molecule has 0 heterocycles. The second kappa shape index (κ2) is 10.4. The van der Waals surface area contributed by atoms with Crippen molar-refractivity contribution in [2.45, 2.75) is 26.2 Å². The zero-order valence-electron chi connectivity index (χ0n) is 9.75. The lowest BCUT2D eigenvalue weighted by atomic mass is 10.2. The maximum absolute atomic E-state index is 10.7. The molecular formula is C12H17Cl2NO2. The fourth-order valence-electron chi connectivity index (χ4n) is 1.01. The molecule has 2 N–H and O–H groups in total. The van der Waals surface area contributed by atoms with E-state index in [1.54, 1.807) is 12.1 Å². The van der Waals surface area contributed by atoms with E-state index in [1.165, 1.54) is 36.9 Å². The molecule has 0 aliphatic carbocycles. The molecule has 0 spiro atoms. The van der Waals surface area contributed by atoms with Crippen LogP contribution in [0.2, 0.25) is 5.02 Å². The molecule has 0 unspecified atom stereocenters. The van der Waals surface area contributed by atoms with Gasteiger partial charge in [0.05, 0.1) is 0 Å². The third-order valence-corrected chi connectivity index (χ3v) is 2.46. The lowest BCUT2D eigenvalue weighted by molar-refractivity contribution is 0.0706. The third kappa shape index (κ3) is 8.02. The van der Waals surface area contributed by atoms with Crippen LogP contribution >= 0.6 is 23.2 Å². The molecule has 1 amide bonds. The lowest BCUT2D eigenvalue weighted by Gasteiger charge is -1.96. The highest BCUT2D eigenvalue weighted by Crippen LogP contribution is 2.08. The second-order valence-electron chi connectivity index (χ2n) is 3.34. The zero-order chi connectivity index (χ0) is 13.1. The number of amides is 1. The highest BCUT2D eigenvalue weighted by atomic mass is 35.5. The molecule has 0 aromatic heterocycles. The lowest BCUT2D eigenvalue weighted by Crippen LogP contribution is -2.18. The van der Waals surface area contributed by atoms with Gasteiger partial charge in [-0.2, -0.15) is 0 Å². The predicted molar refractivity (Wildman–Crippen MR) is 70.9 cm³/mol. The molecule has 0 fully saturated rings. The third-order valence-electron chi connectivity index (χ3n) is 1.95. The summed E-state index contributed by atoms with van der Waals surface area (Å²) in [6, 6.07) is 6.19. The number of carbonyl (C=O) groups excluding carboxylic acids is 1. The number of unbranched alkanes of at least 4 members (excludes halogenated alkanes) is 2. The van der Waals surface area contributed by atoms with Crippen LogP contribution in [-0.4, -0.2) is 17.0 Å². The van der Waals surface area contributed by atoms with Gasteiger partial charge < -0.3 is 0 Å². The first-order valence-electron chi connectivity index (χ1n) is 5.41. The van der Waals surface area contributed by atoms with E-state index >= 15 is 0 Å². The Labute approximate surface area is 112 Å². The van der Waals surface area contributed by atoms with Gasteiger partial charge in [0, 0.05) is 16.5 Å². The van der Waals surface area contributed by atoms with Gasteiger partial charge in [-0.3, -0.25) is 10.0 Å². The van der Waals surface area contributed by atoms with Crippen LogP contribution in [0.15, 0.2) is 24.3 Å². The summed E-state index contributed by atoms with van der Waals surface area (Å²) in [6.45, 7) is 2.17. The number of alkyl halides is 1. The van der Waals surface area contributed by atoms with Crippen molar-refractivity contribution in [2.24, 2.45) is 0 Å². The topological polar surface area (TPSA) is 49.3 Å². The summed E-state index contributed by atoms with van der Waals surface area (Å²) in [7, 11) is 0. The molecule has 0 aliphatic heterocycles. The van der Waals surface area contributed by atoms with Gasteiger partial charge in [0.1, 0.15) is 0 Å². The fraction of sp³-hybridized carbons (Fsp3) is 0.417. The molecular weight excluding hydrogens is 261 g/mol. The number of rotatable bonds is 4. The van der Waals surface area contributed by atoms with Crippen molar-refractivity contribution < 1.29 is 10.0 Å². The summed E-state index contributed by atoms with van der Waals surface area (Å²) in [4.78, 5) is 10.7. The minimum Gasteiger partial charge on any atom is -0.288 e. The van der Waals surface area contributed by atoms with Gasteiger partial charge in [-0.05, 0) is 30.7 Å². The van der Waals surface area contributed by atoms with Crippen LogP contribution < -0.4 is 5.48 Å². The van der Waals surface area contributed by atoms with Crippen molar-refractivity contribution in [1.82, 2.24) is 5.48 Å². The van der Waals surface area contributed by atoms with Gasteiger partial charge in [0.25, 0.3) is 5.91 Å². The van der Waals surface area contributed by atoms with Crippen molar-refractivity contribution in [2.75, 3.05) is 5.88 Å². The molecule has 1 aromatic carbocycles. The SMILES string of the molecule is CCCCCCl.O=C(NO)c1ccc(Cl)cc1. The molecule has 0 saturated heterocycles. The Kier molecular flexibility index (Phi) is 9.92. The van der Waals surface area contributed by atoms with Crippen molar-refractivity contribution in [3.63, 3.8) is 0 Å². The summed E-state index contributed by atoms with van der Waals surface area (Å²) in [5.74, 6) is 0.287. The van der Waals surface area contributed by atoms with Gasteiger partial charge in [-0.25, -0.2) is 5.48 Å². The van der Waals surface area contributed by atoms with Crippen LogP contribution in [0.4, 0.5) is 0 Å². The molecule has 96 valence electrons. The molecule has 0 saturated carbocycles. The van der Waals surface area contributed by atoms with Crippen LogP contribution in [0, 0.1) is 0 Å². The zero-order valence-corrected chi connectivity index (χ0v) is 11.3. The van der Waals surface area contributed by atoms with Crippen LogP contribution in [0.3, 0.4) is 0 Å². The first-order chi connectivity index (χ1) is 8.15. The van der Waals surface area contributed by atoms with Gasteiger partial charge in [0.2, 0.25) is 0 Å². The van der Waals surface area contributed by atoms with E-state index in [2.05, 4.69) is 6.92 Å². The van der Waals surface area contributed by atoms with E-state index in [0.29, 0.717) is 10.6 Å². The Balaban J connectivity index is 0.000000366. The highest BCUT2D eigenvalue weighted by Gasteiger charge is 2.01. The average Bonchev–Trinajstić information content (AvgIpc) is 2.37. The molecule has 0 radical (unpaired) electrons. The van der Waals surface area contributed by atoms with Crippen LogP contribution in [0.5, 0.6) is 0 Å². The standard InChI is InChI=1S/C7H6ClNO2.C5H11Cl/c8-6-3-1-5(2-4-6)7(10)9-11;1-2-3-4-5-6/h1-4,11H,(H,9,10);2-5H2,1H3. The van der Waals surface area contributed by atoms with E-state index in [0.717, 1.165) is 5.88 Å². The van der Waals surface area contributed by atoms with Crippen LogP contribution in [0.1, 0.15) is 36.5 Å². The molecule has 3 nitrogen and oxygen atoms in total. The predicted octanol–water partition coefficient (Wildman–Crippen LogP) is 3.87. The number of hydrogen-bond donors (Lipinski definition) is 2. The Morgan fingerprint density at radius 2 is 1.88 bits per heavy atom.